The Morgan fingerprint density at radius 3 is 2.39 bits per heavy atom. The van der Waals surface area contributed by atoms with Crippen molar-refractivity contribution in [2.45, 2.75) is 26.3 Å². The highest BCUT2D eigenvalue weighted by Crippen LogP contribution is 2.08. The van der Waals surface area contributed by atoms with E-state index in [0.29, 0.717) is 19.6 Å². The lowest BCUT2D eigenvalue weighted by Gasteiger charge is -2.26. The summed E-state index contributed by atoms with van der Waals surface area (Å²) in [7, 11) is 0. The van der Waals surface area contributed by atoms with Crippen LogP contribution >= 0.6 is 0 Å². The van der Waals surface area contributed by atoms with Crippen LogP contribution in [0.2, 0.25) is 0 Å². The van der Waals surface area contributed by atoms with Gasteiger partial charge in [-0.15, -0.1) is 0 Å². The second-order valence-corrected chi connectivity index (χ2v) is 5.19. The maximum atomic E-state index is 12.1. The fourth-order valence-electron chi connectivity index (χ4n) is 2.07. The van der Waals surface area contributed by atoms with E-state index in [4.69, 9.17) is 11.5 Å². The van der Waals surface area contributed by atoms with Gasteiger partial charge in [0.25, 0.3) is 0 Å². The monoisotopic (exact) mass is 256 g/mol. The van der Waals surface area contributed by atoms with E-state index >= 15 is 0 Å². The Morgan fingerprint density at radius 1 is 1.17 bits per heavy atom. The zero-order chi connectivity index (χ0) is 13.7. The summed E-state index contributed by atoms with van der Waals surface area (Å²) >= 11 is 0. The van der Waals surface area contributed by atoms with E-state index in [1.165, 1.54) is 0 Å². The Morgan fingerprint density at radius 2 is 1.83 bits per heavy atom. The van der Waals surface area contributed by atoms with Gasteiger partial charge < -0.3 is 16.4 Å². The Hall–Kier alpha value is -1.14. The number of carbonyl (C=O) groups excluding carboxylic acids is 2. The van der Waals surface area contributed by atoms with E-state index in [2.05, 4.69) is 0 Å². The topological polar surface area (TPSA) is 92.7 Å². The molecule has 0 spiro atoms. The quantitative estimate of drug-likeness (QED) is 0.674. The maximum Gasteiger partial charge on any atom is 0.239 e. The van der Waals surface area contributed by atoms with Gasteiger partial charge in [-0.2, -0.15) is 0 Å². The highest BCUT2D eigenvalue weighted by molar-refractivity contribution is 5.82. The van der Waals surface area contributed by atoms with Crippen LogP contribution in [0.3, 0.4) is 0 Å². The number of nitrogens with zero attached hydrogens (tertiary/aromatic N) is 2. The van der Waals surface area contributed by atoms with E-state index in [0.717, 1.165) is 13.0 Å². The molecule has 0 bridgehead atoms. The first-order chi connectivity index (χ1) is 8.41. The van der Waals surface area contributed by atoms with E-state index < -0.39 is 6.04 Å². The third kappa shape index (κ3) is 4.27. The Kier molecular flexibility index (Phi) is 5.55. The lowest BCUT2D eigenvalue weighted by atomic mass is 10.0. The first kappa shape index (κ1) is 14.9. The molecule has 1 heterocycles. The van der Waals surface area contributed by atoms with Crippen molar-refractivity contribution in [1.82, 2.24) is 9.80 Å². The van der Waals surface area contributed by atoms with Crippen molar-refractivity contribution in [3.05, 3.63) is 0 Å². The SMILES string of the molecule is CC(C)[C@@H](N)C(=O)N1CCCN(CC(N)=O)CC1. The van der Waals surface area contributed by atoms with E-state index in [-0.39, 0.29) is 24.3 Å². The van der Waals surface area contributed by atoms with Gasteiger partial charge in [0, 0.05) is 26.2 Å². The number of amides is 2. The minimum absolute atomic E-state index is 0.00549. The number of hydrogen-bond donors (Lipinski definition) is 2. The molecule has 0 saturated carbocycles. The molecule has 2 amide bonds. The Balaban J connectivity index is 2.51. The molecule has 0 aromatic heterocycles. The summed E-state index contributed by atoms with van der Waals surface area (Å²) in [6, 6.07) is -0.437. The van der Waals surface area contributed by atoms with Crippen molar-refractivity contribution in [1.29, 1.82) is 0 Å². The molecule has 0 aliphatic carbocycles. The molecule has 1 aliphatic rings. The van der Waals surface area contributed by atoms with Crippen molar-refractivity contribution in [2.75, 3.05) is 32.7 Å². The predicted molar refractivity (Wildman–Crippen MR) is 69.6 cm³/mol. The van der Waals surface area contributed by atoms with Crippen LogP contribution in [0.1, 0.15) is 20.3 Å². The molecule has 0 aromatic carbocycles. The van der Waals surface area contributed by atoms with Gasteiger partial charge in [-0.25, -0.2) is 0 Å². The molecule has 4 N–H and O–H groups in total. The van der Waals surface area contributed by atoms with Crippen LogP contribution in [0.4, 0.5) is 0 Å². The molecule has 1 aliphatic heterocycles. The predicted octanol–water partition coefficient (Wildman–Crippen LogP) is -1.01. The second kappa shape index (κ2) is 6.70. The summed E-state index contributed by atoms with van der Waals surface area (Å²) in [6.45, 7) is 6.95. The molecular weight excluding hydrogens is 232 g/mol. The largest absolute Gasteiger partial charge is 0.369 e. The minimum Gasteiger partial charge on any atom is -0.369 e. The number of rotatable bonds is 4. The van der Waals surface area contributed by atoms with Crippen molar-refractivity contribution in [3.8, 4) is 0 Å². The van der Waals surface area contributed by atoms with Gasteiger partial charge in [-0.3, -0.25) is 14.5 Å². The average Bonchev–Trinajstić information content (AvgIpc) is 2.51. The van der Waals surface area contributed by atoms with Gasteiger partial charge in [0.05, 0.1) is 12.6 Å². The van der Waals surface area contributed by atoms with Gasteiger partial charge in [-0.05, 0) is 12.3 Å². The molecule has 6 nitrogen and oxygen atoms in total. The number of nitrogens with two attached hydrogens (primary N) is 2. The molecule has 0 unspecified atom stereocenters. The smallest absolute Gasteiger partial charge is 0.239 e. The first-order valence-corrected chi connectivity index (χ1v) is 6.47. The molecule has 1 atom stereocenters. The molecule has 6 heteroatoms. The number of primary amides is 1. The number of hydrogen-bond acceptors (Lipinski definition) is 4. The third-order valence-corrected chi connectivity index (χ3v) is 3.28. The van der Waals surface area contributed by atoms with Crippen LogP contribution in [-0.2, 0) is 9.59 Å². The fourth-order valence-corrected chi connectivity index (χ4v) is 2.07. The van der Waals surface area contributed by atoms with E-state index in [1.807, 2.05) is 18.7 Å². The van der Waals surface area contributed by atoms with Crippen LogP contribution in [-0.4, -0.2) is 60.4 Å². The zero-order valence-corrected chi connectivity index (χ0v) is 11.3. The lowest BCUT2D eigenvalue weighted by Crippen LogP contribution is -2.47. The molecule has 0 aromatic rings. The molecular formula is C12H24N4O2. The van der Waals surface area contributed by atoms with Crippen LogP contribution in [0.25, 0.3) is 0 Å². The van der Waals surface area contributed by atoms with Crippen LogP contribution < -0.4 is 11.5 Å². The molecule has 18 heavy (non-hydrogen) atoms. The summed E-state index contributed by atoms with van der Waals surface area (Å²) < 4.78 is 0. The van der Waals surface area contributed by atoms with Crippen molar-refractivity contribution < 1.29 is 9.59 Å². The molecule has 1 saturated heterocycles. The van der Waals surface area contributed by atoms with Gasteiger partial charge >= 0.3 is 0 Å². The van der Waals surface area contributed by atoms with Crippen molar-refractivity contribution in [3.63, 3.8) is 0 Å². The standard InChI is InChI=1S/C12H24N4O2/c1-9(2)11(14)12(18)16-5-3-4-15(6-7-16)8-10(13)17/h9,11H,3-8,14H2,1-2H3,(H2,13,17)/t11-/m1/s1. The summed E-state index contributed by atoms with van der Waals surface area (Å²) in [5, 5.41) is 0. The van der Waals surface area contributed by atoms with Gasteiger partial charge in [0.2, 0.25) is 11.8 Å². The summed E-state index contributed by atoms with van der Waals surface area (Å²) in [6.07, 6.45) is 0.851. The third-order valence-electron chi connectivity index (χ3n) is 3.28. The lowest BCUT2D eigenvalue weighted by molar-refractivity contribution is -0.133. The summed E-state index contributed by atoms with van der Waals surface area (Å²) in [5.74, 6) is -0.179. The normalized spacial score (nSPS) is 19.7. The van der Waals surface area contributed by atoms with E-state index in [9.17, 15) is 9.59 Å². The van der Waals surface area contributed by atoms with Gasteiger partial charge in [0.15, 0.2) is 0 Å². The van der Waals surface area contributed by atoms with E-state index in [1.54, 1.807) is 4.90 Å². The highest BCUT2D eigenvalue weighted by atomic mass is 16.2. The molecule has 1 rings (SSSR count). The maximum absolute atomic E-state index is 12.1. The molecule has 0 radical (unpaired) electrons. The molecule has 1 fully saturated rings. The average molecular weight is 256 g/mol. The molecule has 104 valence electrons. The van der Waals surface area contributed by atoms with Crippen LogP contribution in [0.15, 0.2) is 0 Å². The highest BCUT2D eigenvalue weighted by Gasteiger charge is 2.25. The summed E-state index contributed by atoms with van der Waals surface area (Å²) in [4.78, 5) is 26.8. The summed E-state index contributed by atoms with van der Waals surface area (Å²) in [5.41, 5.74) is 11.1. The Labute approximate surface area is 108 Å². The second-order valence-electron chi connectivity index (χ2n) is 5.19. The zero-order valence-electron chi connectivity index (χ0n) is 11.3. The fraction of sp³-hybridized carbons (Fsp3) is 0.833. The van der Waals surface area contributed by atoms with Crippen LogP contribution in [0.5, 0.6) is 0 Å². The number of carbonyl (C=O) groups is 2. The Bertz CT molecular complexity index is 306. The van der Waals surface area contributed by atoms with Gasteiger partial charge in [-0.1, -0.05) is 13.8 Å². The van der Waals surface area contributed by atoms with Crippen molar-refractivity contribution in [2.24, 2.45) is 17.4 Å². The minimum atomic E-state index is -0.437. The van der Waals surface area contributed by atoms with Crippen LogP contribution in [0, 0.1) is 5.92 Å². The van der Waals surface area contributed by atoms with Gasteiger partial charge in [0.1, 0.15) is 0 Å². The first-order valence-electron chi connectivity index (χ1n) is 6.47. The van der Waals surface area contributed by atoms with Crippen molar-refractivity contribution >= 4 is 11.8 Å².